The molecule has 0 bridgehead atoms. The third-order valence-corrected chi connectivity index (χ3v) is 3.76. The molecule has 0 heterocycles. The third-order valence-electron chi connectivity index (χ3n) is 3.76. The summed E-state index contributed by atoms with van der Waals surface area (Å²) in [7, 11) is 0. The lowest BCUT2D eigenvalue weighted by molar-refractivity contribution is 0.266. The molecule has 0 amide bonds. The average molecular weight is 235 g/mol. The zero-order valence-electron chi connectivity index (χ0n) is 10.6. The summed E-state index contributed by atoms with van der Waals surface area (Å²) in [6.07, 6.45) is 6.27. The maximum absolute atomic E-state index is 13.4. The predicted molar refractivity (Wildman–Crippen MR) is 69.5 cm³/mol. The van der Waals surface area contributed by atoms with E-state index >= 15 is 0 Å². The predicted octanol–water partition coefficient (Wildman–Crippen LogP) is 3.54. The van der Waals surface area contributed by atoms with Crippen LogP contribution in [-0.4, -0.2) is 12.6 Å². The van der Waals surface area contributed by atoms with Gasteiger partial charge in [-0.25, -0.2) is 4.39 Å². The largest absolute Gasteiger partial charge is 0.314 e. The SMILES string of the molecule is CC(CC1CCC1)NCCc1ccccc1F. The first kappa shape index (κ1) is 12.6. The van der Waals surface area contributed by atoms with E-state index in [2.05, 4.69) is 12.2 Å². The highest BCUT2D eigenvalue weighted by atomic mass is 19.1. The molecule has 0 radical (unpaired) electrons. The minimum Gasteiger partial charge on any atom is -0.314 e. The van der Waals surface area contributed by atoms with Crippen LogP contribution in [0.4, 0.5) is 4.39 Å². The Labute approximate surface area is 103 Å². The van der Waals surface area contributed by atoms with E-state index in [-0.39, 0.29) is 5.82 Å². The zero-order chi connectivity index (χ0) is 12.1. The first-order valence-corrected chi connectivity index (χ1v) is 6.72. The molecular weight excluding hydrogens is 213 g/mol. The molecule has 2 heteroatoms. The van der Waals surface area contributed by atoms with Gasteiger partial charge in [-0.1, -0.05) is 37.5 Å². The number of halogens is 1. The van der Waals surface area contributed by atoms with Crippen LogP contribution in [0, 0.1) is 11.7 Å². The smallest absolute Gasteiger partial charge is 0.126 e. The van der Waals surface area contributed by atoms with E-state index < -0.39 is 0 Å². The van der Waals surface area contributed by atoms with Crippen LogP contribution in [0.3, 0.4) is 0 Å². The highest BCUT2D eigenvalue weighted by Gasteiger charge is 2.19. The van der Waals surface area contributed by atoms with Crippen LogP contribution >= 0.6 is 0 Å². The van der Waals surface area contributed by atoms with E-state index in [0.29, 0.717) is 6.04 Å². The van der Waals surface area contributed by atoms with Gasteiger partial charge in [0.1, 0.15) is 5.82 Å². The monoisotopic (exact) mass is 235 g/mol. The Morgan fingerprint density at radius 3 is 2.76 bits per heavy atom. The number of nitrogens with one attached hydrogen (secondary N) is 1. The van der Waals surface area contributed by atoms with E-state index in [1.807, 2.05) is 12.1 Å². The molecule has 0 aromatic heterocycles. The average Bonchev–Trinajstić information content (AvgIpc) is 2.26. The van der Waals surface area contributed by atoms with E-state index in [9.17, 15) is 4.39 Å². The van der Waals surface area contributed by atoms with Crippen LogP contribution in [0.15, 0.2) is 24.3 Å². The van der Waals surface area contributed by atoms with Gasteiger partial charge in [-0.15, -0.1) is 0 Å². The molecule has 0 aliphatic heterocycles. The van der Waals surface area contributed by atoms with E-state index in [4.69, 9.17) is 0 Å². The van der Waals surface area contributed by atoms with Gasteiger partial charge >= 0.3 is 0 Å². The Morgan fingerprint density at radius 2 is 2.12 bits per heavy atom. The van der Waals surface area contributed by atoms with Crippen molar-refractivity contribution >= 4 is 0 Å². The molecule has 1 saturated carbocycles. The van der Waals surface area contributed by atoms with Gasteiger partial charge in [0, 0.05) is 6.04 Å². The van der Waals surface area contributed by atoms with Crippen molar-refractivity contribution < 1.29 is 4.39 Å². The molecule has 1 N–H and O–H groups in total. The van der Waals surface area contributed by atoms with Gasteiger partial charge in [0.25, 0.3) is 0 Å². The fourth-order valence-electron chi connectivity index (χ4n) is 2.47. The maximum atomic E-state index is 13.4. The van der Waals surface area contributed by atoms with Crippen molar-refractivity contribution in [2.75, 3.05) is 6.54 Å². The van der Waals surface area contributed by atoms with Crippen LogP contribution in [0.2, 0.25) is 0 Å². The second-order valence-electron chi connectivity index (χ2n) is 5.23. The Bertz CT molecular complexity index is 347. The lowest BCUT2D eigenvalue weighted by Gasteiger charge is -2.28. The van der Waals surface area contributed by atoms with Crippen molar-refractivity contribution in [2.24, 2.45) is 5.92 Å². The molecule has 1 atom stereocenters. The van der Waals surface area contributed by atoms with Gasteiger partial charge in [-0.3, -0.25) is 0 Å². The summed E-state index contributed by atoms with van der Waals surface area (Å²) in [6, 6.07) is 7.61. The Hall–Kier alpha value is -0.890. The van der Waals surface area contributed by atoms with Gasteiger partial charge in [-0.2, -0.15) is 0 Å². The molecule has 1 unspecified atom stereocenters. The number of rotatable bonds is 6. The molecular formula is C15H22FN. The van der Waals surface area contributed by atoms with Crippen LogP contribution in [0.25, 0.3) is 0 Å². The molecule has 0 saturated heterocycles. The Kier molecular flexibility index (Phi) is 4.55. The minimum atomic E-state index is -0.0825. The van der Waals surface area contributed by atoms with Crippen molar-refractivity contribution in [1.82, 2.24) is 5.32 Å². The molecule has 1 aliphatic rings. The van der Waals surface area contributed by atoms with Gasteiger partial charge in [0.05, 0.1) is 0 Å². The minimum absolute atomic E-state index is 0.0825. The van der Waals surface area contributed by atoms with E-state index in [1.165, 1.54) is 31.7 Å². The highest BCUT2D eigenvalue weighted by Crippen LogP contribution is 2.30. The first-order valence-electron chi connectivity index (χ1n) is 6.72. The van der Waals surface area contributed by atoms with Crippen LogP contribution in [0.5, 0.6) is 0 Å². The topological polar surface area (TPSA) is 12.0 Å². The summed E-state index contributed by atoms with van der Waals surface area (Å²) in [5.74, 6) is 0.854. The second kappa shape index (κ2) is 6.15. The summed E-state index contributed by atoms with van der Waals surface area (Å²) in [6.45, 7) is 3.11. The molecule has 94 valence electrons. The fourth-order valence-corrected chi connectivity index (χ4v) is 2.47. The van der Waals surface area contributed by atoms with Crippen molar-refractivity contribution in [2.45, 2.75) is 45.1 Å². The van der Waals surface area contributed by atoms with Crippen molar-refractivity contribution in [3.63, 3.8) is 0 Å². The molecule has 17 heavy (non-hydrogen) atoms. The first-order chi connectivity index (χ1) is 8.25. The summed E-state index contributed by atoms with van der Waals surface area (Å²) in [5.41, 5.74) is 0.816. The zero-order valence-corrected chi connectivity index (χ0v) is 10.6. The van der Waals surface area contributed by atoms with E-state index in [1.54, 1.807) is 6.07 Å². The van der Waals surface area contributed by atoms with Gasteiger partial charge < -0.3 is 5.32 Å². The molecule has 0 spiro atoms. The quantitative estimate of drug-likeness (QED) is 0.795. The summed E-state index contributed by atoms with van der Waals surface area (Å²) >= 11 is 0. The standard InChI is InChI=1S/C15H22FN/c1-12(11-13-5-4-6-13)17-10-9-14-7-2-3-8-15(14)16/h2-3,7-8,12-13,17H,4-6,9-11H2,1H3. The number of benzene rings is 1. The molecule has 1 nitrogen and oxygen atoms in total. The van der Waals surface area contributed by atoms with Crippen molar-refractivity contribution in [3.05, 3.63) is 35.6 Å². The number of hydrogen-bond acceptors (Lipinski definition) is 1. The summed E-state index contributed by atoms with van der Waals surface area (Å²) in [5, 5.41) is 3.49. The summed E-state index contributed by atoms with van der Waals surface area (Å²) < 4.78 is 13.4. The fraction of sp³-hybridized carbons (Fsp3) is 0.600. The maximum Gasteiger partial charge on any atom is 0.126 e. The van der Waals surface area contributed by atoms with Gasteiger partial charge in [-0.05, 0) is 43.9 Å². The van der Waals surface area contributed by atoms with Crippen LogP contribution in [0.1, 0.15) is 38.2 Å². The Morgan fingerprint density at radius 1 is 1.35 bits per heavy atom. The van der Waals surface area contributed by atoms with Crippen LogP contribution < -0.4 is 5.32 Å². The molecule has 1 aliphatic carbocycles. The number of hydrogen-bond donors (Lipinski definition) is 1. The second-order valence-corrected chi connectivity index (χ2v) is 5.23. The summed E-state index contributed by atoms with van der Waals surface area (Å²) in [4.78, 5) is 0. The third kappa shape index (κ3) is 3.81. The molecule has 1 fully saturated rings. The van der Waals surface area contributed by atoms with Gasteiger partial charge in [0.2, 0.25) is 0 Å². The van der Waals surface area contributed by atoms with Crippen molar-refractivity contribution in [1.29, 1.82) is 0 Å². The molecule has 1 aromatic carbocycles. The van der Waals surface area contributed by atoms with Crippen molar-refractivity contribution in [3.8, 4) is 0 Å². The normalized spacial score (nSPS) is 17.8. The Balaban J connectivity index is 1.66. The lowest BCUT2D eigenvalue weighted by Crippen LogP contribution is -2.31. The molecule has 2 rings (SSSR count). The van der Waals surface area contributed by atoms with Crippen LogP contribution in [-0.2, 0) is 6.42 Å². The lowest BCUT2D eigenvalue weighted by atomic mass is 9.81. The highest BCUT2D eigenvalue weighted by molar-refractivity contribution is 5.17. The van der Waals surface area contributed by atoms with E-state index in [0.717, 1.165) is 24.4 Å². The van der Waals surface area contributed by atoms with Gasteiger partial charge in [0.15, 0.2) is 0 Å². The molecule has 1 aromatic rings.